The van der Waals surface area contributed by atoms with E-state index in [-0.39, 0.29) is 60.4 Å². The maximum Gasteiger partial charge on any atom is 0.277 e. The number of methoxy groups -OCH3 is 1. The van der Waals surface area contributed by atoms with E-state index in [9.17, 15) is 19.7 Å². The molecule has 2 unspecified atom stereocenters. The summed E-state index contributed by atoms with van der Waals surface area (Å²) in [6.07, 6.45) is 2.85. The maximum absolute atomic E-state index is 12.4. The first-order chi connectivity index (χ1) is 22.6. The van der Waals surface area contributed by atoms with E-state index in [1.165, 1.54) is 24.9 Å². The zero-order valence-corrected chi connectivity index (χ0v) is 29.5. The summed E-state index contributed by atoms with van der Waals surface area (Å²) in [7, 11) is 1.45. The lowest BCUT2D eigenvalue weighted by Crippen LogP contribution is -2.45. The van der Waals surface area contributed by atoms with Gasteiger partial charge in [-0.1, -0.05) is 40.5 Å². The minimum Gasteiger partial charge on any atom is -0.493 e. The standard InChI is InChI=1S/C32H56N4O10S/c1-6-7-8-25(4)31(37)34-9-10-35-32(38)27(33)23-47-22-26-19-29(41-5)30(20-28(26)36(39)40)46-18-17-44-14-13-42-11-12-43-15-16-45-21-24(2)3/h19-20,24-25,27H,6-18,21-23,33H2,1-5H3,(H,34,37)(H,35,38). The Balaban J connectivity index is 2.36. The van der Waals surface area contributed by atoms with Crippen LogP contribution in [0.15, 0.2) is 12.1 Å². The van der Waals surface area contributed by atoms with E-state index in [2.05, 4.69) is 31.4 Å². The molecule has 0 saturated heterocycles. The number of rotatable bonds is 29. The van der Waals surface area contributed by atoms with Crippen LogP contribution in [0.1, 0.15) is 52.5 Å². The molecule has 0 bridgehead atoms. The zero-order valence-electron chi connectivity index (χ0n) is 28.7. The second kappa shape index (κ2) is 26.3. The molecule has 0 radical (unpaired) electrons. The Morgan fingerprint density at radius 3 is 2.02 bits per heavy atom. The van der Waals surface area contributed by atoms with Crippen LogP contribution in [0.2, 0.25) is 0 Å². The van der Waals surface area contributed by atoms with Crippen molar-refractivity contribution in [2.45, 2.75) is 58.8 Å². The highest BCUT2D eigenvalue weighted by Gasteiger charge is 2.21. The minimum absolute atomic E-state index is 0.0351. The first-order valence-electron chi connectivity index (χ1n) is 16.3. The number of nitrogens with two attached hydrogens (primary N) is 1. The van der Waals surface area contributed by atoms with Gasteiger partial charge in [0.2, 0.25) is 11.8 Å². The third kappa shape index (κ3) is 19.7. The Kier molecular flexibility index (Phi) is 23.7. The predicted octanol–water partition coefficient (Wildman–Crippen LogP) is 3.32. The summed E-state index contributed by atoms with van der Waals surface area (Å²) in [5.74, 6) is 1.09. The van der Waals surface area contributed by atoms with Crippen molar-refractivity contribution in [1.29, 1.82) is 0 Å². The molecule has 2 amide bonds. The quantitative estimate of drug-likeness (QED) is 0.0635. The number of ether oxygens (including phenoxy) is 6. The van der Waals surface area contributed by atoms with Crippen molar-refractivity contribution in [2.24, 2.45) is 17.6 Å². The first kappa shape index (κ1) is 42.3. The number of nitrogens with zero attached hydrogens (tertiary/aromatic N) is 1. The summed E-state index contributed by atoms with van der Waals surface area (Å²) in [6.45, 7) is 12.7. The molecule has 15 heteroatoms. The normalized spacial score (nSPS) is 12.5. The van der Waals surface area contributed by atoms with Crippen LogP contribution in [-0.4, -0.2) is 108 Å². The molecule has 270 valence electrons. The van der Waals surface area contributed by atoms with Gasteiger partial charge >= 0.3 is 0 Å². The van der Waals surface area contributed by atoms with Crippen molar-refractivity contribution >= 4 is 29.3 Å². The lowest BCUT2D eigenvalue weighted by Gasteiger charge is -2.15. The van der Waals surface area contributed by atoms with Crippen molar-refractivity contribution in [3.05, 3.63) is 27.8 Å². The van der Waals surface area contributed by atoms with Gasteiger partial charge in [0.1, 0.15) is 6.61 Å². The fourth-order valence-corrected chi connectivity index (χ4v) is 5.00. The first-order valence-corrected chi connectivity index (χ1v) is 17.4. The van der Waals surface area contributed by atoms with Gasteiger partial charge in [0.15, 0.2) is 11.5 Å². The number of nitro groups is 1. The molecule has 0 heterocycles. The monoisotopic (exact) mass is 688 g/mol. The molecule has 0 aliphatic carbocycles. The van der Waals surface area contributed by atoms with Gasteiger partial charge in [0.25, 0.3) is 5.69 Å². The number of hydrogen-bond donors (Lipinski definition) is 3. The van der Waals surface area contributed by atoms with Gasteiger partial charge in [-0.2, -0.15) is 11.8 Å². The lowest BCUT2D eigenvalue weighted by atomic mass is 10.0. The van der Waals surface area contributed by atoms with Crippen molar-refractivity contribution in [3.8, 4) is 11.5 Å². The molecule has 1 aromatic carbocycles. The molecule has 0 aliphatic rings. The molecule has 2 atom stereocenters. The second-order valence-electron chi connectivity index (χ2n) is 11.3. The number of carbonyl (C=O) groups excluding carboxylic acids is 2. The van der Waals surface area contributed by atoms with E-state index >= 15 is 0 Å². The summed E-state index contributed by atoms with van der Waals surface area (Å²) in [5, 5.41) is 17.3. The Hall–Kier alpha value is -2.69. The third-order valence-corrected chi connectivity index (χ3v) is 7.78. The van der Waals surface area contributed by atoms with Crippen molar-refractivity contribution in [2.75, 3.05) is 85.4 Å². The van der Waals surface area contributed by atoms with Crippen LogP contribution in [0.25, 0.3) is 0 Å². The number of thioether (sulfide) groups is 1. The molecule has 0 saturated carbocycles. The fraction of sp³-hybridized carbons (Fsp3) is 0.750. The average molecular weight is 689 g/mol. The molecule has 14 nitrogen and oxygen atoms in total. The molecular formula is C32H56N4O10S. The van der Waals surface area contributed by atoms with Crippen molar-refractivity contribution in [3.63, 3.8) is 0 Å². The van der Waals surface area contributed by atoms with Gasteiger partial charge in [-0.05, 0) is 18.4 Å². The zero-order chi connectivity index (χ0) is 34.9. The lowest BCUT2D eigenvalue weighted by molar-refractivity contribution is -0.385. The van der Waals surface area contributed by atoms with Gasteiger partial charge in [-0.3, -0.25) is 19.7 Å². The highest BCUT2D eigenvalue weighted by molar-refractivity contribution is 7.98. The molecule has 1 aromatic rings. The Labute approximate surface area is 283 Å². The maximum atomic E-state index is 12.4. The topological polar surface area (TPSA) is 183 Å². The average Bonchev–Trinajstić information content (AvgIpc) is 3.05. The fourth-order valence-electron chi connectivity index (χ4n) is 4.03. The Morgan fingerprint density at radius 2 is 1.47 bits per heavy atom. The van der Waals surface area contributed by atoms with Crippen LogP contribution in [0.5, 0.6) is 11.5 Å². The number of nitro benzene ring substituents is 1. The minimum atomic E-state index is -0.819. The van der Waals surface area contributed by atoms with Crippen LogP contribution in [0.3, 0.4) is 0 Å². The van der Waals surface area contributed by atoms with Crippen LogP contribution in [0, 0.1) is 22.0 Å². The summed E-state index contributed by atoms with van der Waals surface area (Å²) < 4.78 is 33.0. The molecule has 0 aromatic heterocycles. The Morgan fingerprint density at radius 1 is 0.894 bits per heavy atom. The SMILES string of the molecule is CCCCC(C)C(=O)NCCNC(=O)C(N)CSCc1cc(OC)c(OCCOCCOCCOCCOCC(C)C)cc1[N+](=O)[O-]. The Bertz CT molecular complexity index is 1030. The number of hydrogen-bond acceptors (Lipinski definition) is 12. The van der Waals surface area contributed by atoms with Gasteiger partial charge in [-0.25, -0.2) is 0 Å². The highest BCUT2D eigenvalue weighted by atomic mass is 32.2. The number of carbonyl (C=O) groups is 2. The molecule has 47 heavy (non-hydrogen) atoms. The van der Waals surface area contributed by atoms with E-state index in [0.717, 1.165) is 25.9 Å². The molecular weight excluding hydrogens is 632 g/mol. The van der Waals surface area contributed by atoms with Crippen LogP contribution < -0.4 is 25.8 Å². The van der Waals surface area contributed by atoms with E-state index in [4.69, 9.17) is 34.2 Å². The van der Waals surface area contributed by atoms with E-state index < -0.39 is 11.0 Å². The van der Waals surface area contributed by atoms with E-state index in [1.54, 1.807) is 6.07 Å². The van der Waals surface area contributed by atoms with Crippen molar-refractivity contribution in [1.82, 2.24) is 10.6 Å². The van der Waals surface area contributed by atoms with Crippen LogP contribution in [-0.2, 0) is 34.3 Å². The number of nitrogens with one attached hydrogen (secondary N) is 2. The summed E-state index contributed by atoms with van der Waals surface area (Å²) >= 11 is 1.29. The molecule has 0 spiro atoms. The van der Waals surface area contributed by atoms with Gasteiger partial charge in [0, 0.05) is 42.7 Å². The van der Waals surface area contributed by atoms with Crippen LogP contribution >= 0.6 is 11.8 Å². The van der Waals surface area contributed by atoms with E-state index in [0.29, 0.717) is 63.4 Å². The molecule has 0 aliphatic heterocycles. The molecule has 4 N–H and O–H groups in total. The molecule has 1 rings (SSSR count). The third-order valence-electron chi connectivity index (χ3n) is 6.67. The van der Waals surface area contributed by atoms with Gasteiger partial charge in [0.05, 0.1) is 70.4 Å². The van der Waals surface area contributed by atoms with E-state index in [1.807, 2.05) is 6.92 Å². The number of amides is 2. The number of benzene rings is 1. The largest absolute Gasteiger partial charge is 0.493 e. The van der Waals surface area contributed by atoms with Crippen molar-refractivity contribution < 1.29 is 42.9 Å². The smallest absolute Gasteiger partial charge is 0.277 e. The number of unbranched alkanes of at least 4 members (excludes halogenated alkanes) is 1. The second-order valence-corrected chi connectivity index (χ2v) is 12.3. The summed E-state index contributed by atoms with van der Waals surface area (Å²) in [6, 6.07) is 2.07. The van der Waals surface area contributed by atoms with Gasteiger partial charge < -0.3 is 44.8 Å². The molecule has 0 fully saturated rings. The van der Waals surface area contributed by atoms with Crippen LogP contribution in [0.4, 0.5) is 5.69 Å². The highest BCUT2D eigenvalue weighted by Crippen LogP contribution is 2.36. The summed E-state index contributed by atoms with van der Waals surface area (Å²) in [5.41, 5.74) is 6.31. The summed E-state index contributed by atoms with van der Waals surface area (Å²) in [4.78, 5) is 35.8. The predicted molar refractivity (Wildman–Crippen MR) is 182 cm³/mol. The van der Waals surface area contributed by atoms with Gasteiger partial charge in [-0.15, -0.1) is 0 Å².